The fourth-order valence-electron chi connectivity index (χ4n) is 2.51. The van der Waals surface area contributed by atoms with Crippen molar-refractivity contribution in [3.8, 4) is 5.75 Å². The maximum absolute atomic E-state index is 13.9. The van der Waals surface area contributed by atoms with E-state index in [1.54, 1.807) is 12.1 Å². The molecule has 134 valence electrons. The van der Waals surface area contributed by atoms with Gasteiger partial charge in [0.05, 0.1) is 5.02 Å². The molecule has 0 bridgehead atoms. The van der Waals surface area contributed by atoms with Crippen molar-refractivity contribution in [2.24, 2.45) is 0 Å². The van der Waals surface area contributed by atoms with Crippen LogP contribution < -0.4 is 10.1 Å². The summed E-state index contributed by atoms with van der Waals surface area (Å²) in [7, 11) is 0. The topological polar surface area (TPSA) is 21.3 Å². The van der Waals surface area contributed by atoms with E-state index in [1.165, 1.54) is 6.07 Å². The van der Waals surface area contributed by atoms with Gasteiger partial charge in [-0.2, -0.15) is 0 Å². The number of ether oxygens (including phenoxy) is 1. The average Bonchev–Trinajstić information content (AvgIpc) is 2.63. The second kappa shape index (κ2) is 8.43. The van der Waals surface area contributed by atoms with E-state index >= 15 is 0 Å². The number of anilines is 1. The molecule has 3 aromatic rings. The molecule has 0 atom stereocenters. The van der Waals surface area contributed by atoms with Gasteiger partial charge in [0.2, 0.25) is 0 Å². The monoisotopic (exact) mass is 389 g/mol. The molecule has 0 aliphatic heterocycles. The fourth-order valence-corrected chi connectivity index (χ4v) is 2.91. The predicted octanol–water partition coefficient (Wildman–Crippen LogP) is 6.63. The van der Waals surface area contributed by atoms with Crippen LogP contribution in [0.3, 0.4) is 0 Å². The second-order valence-corrected chi connectivity index (χ2v) is 6.73. The third-order valence-corrected chi connectivity index (χ3v) is 4.82. The summed E-state index contributed by atoms with van der Waals surface area (Å²) < 4.78 is 19.7. The lowest BCUT2D eigenvalue weighted by Crippen LogP contribution is -2.05. The summed E-state index contributed by atoms with van der Waals surface area (Å²) in [6.45, 7) is 2.59. The van der Waals surface area contributed by atoms with Gasteiger partial charge >= 0.3 is 0 Å². The Labute approximate surface area is 162 Å². The summed E-state index contributed by atoms with van der Waals surface area (Å²) in [5.41, 5.74) is 3.26. The number of rotatable bonds is 6. The third-order valence-electron chi connectivity index (χ3n) is 4.06. The van der Waals surface area contributed by atoms with Crippen LogP contribution >= 0.6 is 23.2 Å². The van der Waals surface area contributed by atoms with Gasteiger partial charge in [-0.05, 0) is 42.8 Å². The van der Waals surface area contributed by atoms with Gasteiger partial charge in [0.1, 0.15) is 18.2 Å². The molecule has 3 aromatic carbocycles. The van der Waals surface area contributed by atoms with Crippen molar-refractivity contribution in [3.63, 3.8) is 0 Å². The van der Waals surface area contributed by atoms with Crippen LogP contribution in [0.1, 0.15) is 16.7 Å². The van der Waals surface area contributed by atoms with Crippen molar-refractivity contribution in [2.45, 2.75) is 20.1 Å². The minimum Gasteiger partial charge on any atom is -0.488 e. The van der Waals surface area contributed by atoms with E-state index in [4.69, 9.17) is 27.9 Å². The van der Waals surface area contributed by atoms with E-state index in [0.29, 0.717) is 27.9 Å². The van der Waals surface area contributed by atoms with Crippen molar-refractivity contribution >= 4 is 28.9 Å². The minimum absolute atomic E-state index is 0.0683. The number of halogens is 3. The van der Waals surface area contributed by atoms with Crippen molar-refractivity contribution in [2.75, 3.05) is 5.32 Å². The molecular weight excluding hydrogens is 372 g/mol. The van der Waals surface area contributed by atoms with Gasteiger partial charge in [-0.1, -0.05) is 53.5 Å². The molecule has 0 aliphatic rings. The summed E-state index contributed by atoms with van der Waals surface area (Å²) in [5.74, 6) is 0.305. The van der Waals surface area contributed by atoms with Gasteiger partial charge in [0.25, 0.3) is 0 Å². The first-order chi connectivity index (χ1) is 12.5. The lowest BCUT2D eigenvalue weighted by molar-refractivity contribution is 0.297. The standard InChI is InChI=1S/C21H18Cl2FNO/c1-14-9-10-16(11-19(14)23)25-12-15-5-2-3-8-21(15)26-13-17-18(22)6-4-7-20(17)24/h2-11,25H,12-13H2,1H3. The van der Waals surface area contributed by atoms with Gasteiger partial charge in [0.15, 0.2) is 0 Å². The van der Waals surface area contributed by atoms with Crippen LogP contribution in [0.15, 0.2) is 60.7 Å². The molecular formula is C21H18Cl2FNO. The summed E-state index contributed by atoms with van der Waals surface area (Å²) in [5, 5.41) is 4.40. The summed E-state index contributed by atoms with van der Waals surface area (Å²) in [6, 6.07) is 18.1. The Morgan fingerprint density at radius 1 is 0.962 bits per heavy atom. The van der Waals surface area contributed by atoms with Crippen LogP contribution in [0.25, 0.3) is 0 Å². The van der Waals surface area contributed by atoms with E-state index < -0.39 is 0 Å². The maximum atomic E-state index is 13.9. The molecule has 0 aromatic heterocycles. The maximum Gasteiger partial charge on any atom is 0.131 e. The van der Waals surface area contributed by atoms with Gasteiger partial charge in [-0.3, -0.25) is 0 Å². The van der Waals surface area contributed by atoms with Crippen molar-refractivity contribution in [3.05, 3.63) is 93.2 Å². The van der Waals surface area contributed by atoms with E-state index in [1.807, 2.05) is 49.4 Å². The molecule has 0 unspecified atom stereocenters. The van der Waals surface area contributed by atoms with E-state index in [9.17, 15) is 4.39 Å². The van der Waals surface area contributed by atoms with Gasteiger partial charge in [-0.25, -0.2) is 4.39 Å². The van der Waals surface area contributed by atoms with Crippen LogP contribution in [-0.4, -0.2) is 0 Å². The Morgan fingerprint density at radius 2 is 1.77 bits per heavy atom. The molecule has 3 rings (SSSR count). The number of nitrogens with one attached hydrogen (secondary N) is 1. The average molecular weight is 390 g/mol. The third kappa shape index (κ3) is 4.48. The van der Waals surface area contributed by atoms with Crippen LogP contribution in [0.4, 0.5) is 10.1 Å². The molecule has 0 saturated carbocycles. The lowest BCUT2D eigenvalue weighted by atomic mass is 10.1. The predicted molar refractivity (Wildman–Crippen MR) is 106 cm³/mol. The molecule has 26 heavy (non-hydrogen) atoms. The second-order valence-electron chi connectivity index (χ2n) is 5.91. The molecule has 0 aliphatic carbocycles. The zero-order valence-corrected chi connectivity index (χ0v) is 15.7. The van der Waals surface area contributed by atoms with Crippen LogP contribution in [0.5, 0.6) is 5.75 Å². The van der Waals surface area contributed by atoms with E-state index in [0.717, 1.165) is 16.8 Å². The number of benzene rings is 3. The van der Waals surface area contributed by atoms with Crippen LogP contribution in [0.2, 0.25) is 10.0 Å². The Hall–Kier alpha value is -2.23. The largest absolute Gasteiger partial charge is 0.488 e. The molecule has 0 fully saturated rings. The minimum atomic E-state index is -0.373. The number of aryl methyl sites for hydroxylation is 1. The highest BCUT2D eigenvalue weighted by molar-refractivity contribution is 6.31. The first kappa shape index (κ1) is 18.6. The fraction of sp³-hybridized carbons (Fsp3) is 0.143. The van der Waals surface area contributed by atoms with Crippen molar-refractivity contribution in [1.29, 1.82) is 0 Å². The Kier molecular flexibility index (Phi) is 6.02. The Bertz CT molecular complexity index is 894. The molecule has 1 N–H and O–H groups in total. The number of hydrogen-bond donors (Lipinski definition) is 1. The zero-order chi connectivity index (χ0) is 18.5. The molecule has 0 saturated heterocycles. The zero-order valence-electron chi connectivity index (χ0n) is 14.2. The summed E-state index contributed by atoms with van der Waals surface area (Å²) in [6.07, 6.45) is 0. The molecule has 2 nitrogen and oxygen atoms in total. The van der Waals surface area contributed by atoms with Crippen molar-refractivity contribution in [1.82, 2.24) is 0 Å². The Morgan fingerprint density at radius 3 is 2.54 bits per heavy atom. The van der Waals surface area contributed by atoms with Gasteiger partial charge in [0, 0.05) is 28.4 Å². The highest BCUT2D eigenvalue weighted by Gasteiger charge is 2.10. The molecule has 5 heteroatoms. The smallest absolute Gasteiger partial charge is 0.131 e. The first-order valence-corrected chi connectivity index (χ1v) is 8.94. The van der Waals surface area contributed by atoms with Gasteiger partial charge < -0.3 is 10.1 Å². The first-order valence-electron chi connectivity index (χ1n) is 8.18. The summed E-state index contributed by atoms with van der Waals surface area (Å²) >= 11 is 12.2. The number of hydrogen-bond acceptors (Lipinski definition) is 2. The molecule has 0 heterocycles. The number of para-hydroxylation sites is 1. The van der Waals surface area contributed by atoms with Crippen molar-refractivity contribution < 1.29 is 9.13 Å². The Balaban J connectivity index is 1.71. The normalized spacial score (nSPS) is 10.6. The van der Waals surface area contributed by atoms with Gasteiger partial charge in [-0.15, -0.1) is 0 Å². The van der Waals surface area contributed by atoms with E-state index in [-0.39, 0.29) is 12.4 Å². The molecule has 0 amide bonds. The summed E-state index contributed by atoms with van der Waals surface area (Å²) in [4.78, 5) is 0. The van der Waals surface area contributed by atoms with Crippen LogP contribution in [0, 0.1) is 12.7 Å². The molecule has 0 spiro atoms. The highest BCUT2D eigenvalue weighted by Crippen LogP contribution is 2.25. The SMILES string of the molecule is Cc1ccc(NCc2ccccc2OCc2c(F)cccc2Cl)cc1Cl. The quantitative estimate of drug-likeness (QED) is 0.510. The molecule has 0 radical (unpaired) electrons. The van der Waals surface area contributed by atoms with E-state index in [2.05, 4.69) is 5.32 Å². The van der Waals surface area contributed by atoms with Crippen LogP contribution in [-0.2, 0) is 13.2 Å². The highest BCUT2D eigenvalue weighted by atomic mass is 35.5. The lowest BCUT2D eigenvalue weighted by Gasteiger charge is -2.14.